The maximum Gasteiger partial charge on any atom is 0.213 e. The number of nitrogens with zero attached hydrogens (tertiary/aromatic N) is 2. The SMILES string of the molecule is Cc1cc(/C=C/c2cc[n+](CCCCS(=O)(=O)[O-])c3ccccc23)cc(C)c1N(C)C. The number of hydrogen-bond donors (Lipinski definition) is 0. The van der Waals surface area contributed by atoms with Crippen LogP contribution in [0.3, 0.4) is 0 Å². The minimum absolute atomic E-state index is 0.308. The number of benzene rings is 2. The van der Waals surface area contributed by atoms with Crippen LogP contribution in [-0.4, -0.2) is 32.8 Å². The van der Waals surface area contributed by atoms with Crippen LogP contribution >= 0.6 is 0 Å². The first kappa shape index (κ1) is 23.0. The van der Waals surface area contributed by atoms with Gasteiger partial charge in [0.1, 0.15) is 6.54 Å². The second-order valence-corrected chi connectivity index (χ2v) is 9.71. The van der Waals surface area contributed by atoms with E-state index in [1.54, 1.807) is 0 Å². The predicted octanol–water partition coefficient (Wildman–Crippen LogP) is 4.31. The Kier molecular flexibility index (Phi) is 7.13. The average Bonchev–Trinajstić information content (AvgIpc) is 2.68. The van der Waals surface area contributed by atoms with Crippen LogP contribution in [0.25, 0.3) is 23.1 Å². The maximum atomic E-state index is 10.8. The van der Waals surface area contributed by atoms with Gasteiger partial charge in [0, 0.05) is 44.1 Å². The largest absolute Gasteiger partial charge is 0.748 e. The lowest BCUT2D eigenvalue weighted by Crippen LogP contribution is -2.34. The fourth-order valence-corrected chi connectivity index (χ4v) is 4.74. The van der Waals surface area contributed by atoms with Crippen molar-refractivity contribution in [1.82, 2.24) is 0 Å². The number of aromatic nitrogens is 1. The van der Waals surface area contributed by atoms with E-state index in [0.29, 0.717) is 19.4 Å². The van der Waals surface area contributed by atoms with Gasteiger partial charge < -0.3 is 9.45 Å². The molecule has 0 spiro atoms. The summed E-state index contributed by atoms with van der Waals surface area (Å²) in [5.41, 5.74) is 7.14. The Morgan fingerprint density at radius 3 is 2.32 bits per heavy atom. The van der Waals surface area contributed by atoms with Crippen LogP contribution in [0.1, 0.15) is 35.1 Å². The molecule has 2 aromatic carbocycles. The van der Waals surface area contributed by atoms with E-state index in [4.69, 9.17) is 0 Å². The van der Waals surface area contributed by atoms with E-state index < -0.39 is 10.1 Å². The number of hydrogen-bond acceptors (Lipinski definition) is 4. The normalized spacial score (nSPS) is 12.0. The molecule has 164 valence electrons. The molecule has 1 aromatic heterocycles. The van der Waals surface area contributed by atoms with Gasteiger partial charge in [0.15, 0.2) is 6.20 Å². The molecule has 0 aliphatic rings. The fraction of sp³-hybridized carbons (Fsp3) is 0.320. The van der Waals surface area contributed by atoms with Gasteiger partial charge in [0.25, 0.3) is 0 Å². The number of pyridine rings is 1. The van der Waals surface area contributed by atoms with Crippen molar-refractivity contribution < 1.29 is 17.5 Å². The maximum absolute atomic E-state index is 10.8. The van der Waals surface area contributed by atoms with Crippen LogP contribution in [0, 0.1) is 13.8 Å². The van der Waals surface area contributed by atoms with E-state index in [2.05, 4.69) is 79.9 Å². The van der Waals surface area contributed by atoms with Crippen molar-refractivity contribution in [3.05, 3.63) is 70.9 Å². The van der Waals surface area contributed by atoms with E-state index in [0.717, 1.165) is 16.5 Å². The quantitative estimate of drug-likeness (QED) is 0.299. The van der Waals surface area contributed by atoms with Gasteiger partial charge in [-0.2, -0.15) is 4.57 Å². The van der Waals surface area contributed by atoms with Crippen molar-refractivity contribution in [1.29, 1.82) is 0 Å². The molecule has 0 aliphatic carbocycles. The second-order valence-electron chi connectivity index (χ2n) is 8.18. The summed E-state index contributed by atoms with van der Waals surface area (Å²) in [6.45, 7) is 4.95. The summed E-state index contributed by atoms with van der Waals surface area (Å²) < 4.78 is 34.5. The molecule has 0 saturated heterocycles. The third-order valence-corrected chi connectivity index (χ3v) is 6.21. The summed E-state index contributed by atoms with van der Waals surface area (Å²) in [6.07, 6.45) is 7.32. The molecule has 0 radical (unpaired) electrons. The zero-order valence-electron chi connectivity index (χ0n) is 18.6. The lowest BCUT2D eigenvalue weighted by atomic mass is 10.0. The number of fused-ring (bicyclic) bond motifs is 1. The van der Waals surface area contributed by atoms with Gasteiger partial charge in [-0.1, -0.05) is 24.3 Å². The van der Waals surface area contributed by atoms with Crippen molar-refractivity contribution in [2.24, 2.45) is 0 Å². The molecule has 1 heterocycles. The molecule has 0 saturated carbocycles. The minimum atomic E-state index is -4.15. The molecule has 31 heavy (non-hydrogen) atoms. The van der Waals surface area contributed by atoms with Gasteiger partial charge >= 0.3 is 0 Å². The van der Waals surface area contributed by atoms with Crippen LogP contribution in [-0.2, 0) is 16.7 Å². The van der Waals surface area contributed by atoms with Gasteiger partial charge in [-0.3, -0.25) is 0 Å². The first-order valence-electron chi connectivity index (χ1n) is 10.5. The zero-order chi connectivity index (χ0) is 22.6. The highest BCUT2D eigenvalue weighted by molar-refractivity contribution is 7.85. The van der Waals surface area contributed by atoms with Gasteiger partial charge in [-0.15, -0.1) is 0 Å². The highest BCUT2D eigenvalue weighted by Crippen LogP contribution is 2.26. The van der Waals surface area contributed by atoms with E-state index in [-0.39, 0.29) is 5.75 Å². The monoisotopic (exact) mass is 438 g/mol. The first-order chi connectivity index (χ1) is 14.7. The lowest BCUT2D eigenvalue weighted by molar-refractivity contribution is -0.671. The van der Waals surface area contributed by atoms with Crippen molar-refractivity contribution in [3.63, 3.8) is 0 Å². The van der Waals surface area contributed by atoms with Crippen molar-refractivity contribution in [2.45, 2.75) is 33.2 Å². The van der Waals surface area contributed by atoms with E-state index in [9.17, 15) is 13.0 Å². The van der Waals surface area contributed by atoms with Crippen LogP contribution in [0.2, 0.25) is 0 Å². The Labute approximate surface area is 185 Å². The molecule has 0 bridgehead atoms. The Morgan fingerprint density at radius 2 is 1.68 bits per heavy atom. The minimum Gasteiger partial charge on any atom is -0.748 e. The highest BCUT2D eigenvalue weighted by atomic mass is 32.2. The molecular weight excluding hydrogens is 408 g/mol. The zero-order valence-corrected chi connectivity index (χ0v) is 19.4. The molecule has 3 rings (SSSR count). The summed E-state index contributed by atoms with van der Waals surface area (Å²) in [7, 11) is -0.0157. The van der Waals surface area contributed by atoms with Gasteiger partial charge in [0.05, 0.1) is 15.5 Å². The lowest BCUT2D eigenvalue weighted by Gasteiger charge is -2.19. The van der Waals surface area contributed by atoms with Crippen molar-refractivity contribution >= 4 is 38.9 Å². The summed E-state index contributed by atoms with van der Waals surface area (Å²) in [4.78, 5) is 2.15. The Hall–Kier alpha value is -2.70. The van der Waals surface area contributed by atoms with Gasteiger partial charge in [-0.05, 0) is 60.7 Å². The third-order valence-electron chi connectivity index (χ3n) is 5.42. The van der Waals surface area contributed by atoms with Crippen LogP contribution in [0.4, 0.5) is 5.69 Å². The summed E-state index contributed by atoms with van der Waals surface area (Å²) in [6, 6.07) is 14.7. The van der Waals surface area contributed by atoms with Gasteiger partial charge in [-0.25, -0.2) is 8.42 Å². The first-order valence-corrected chi connectivity index (χ1v) is 12.0. The number of unbranched alkanes of at least 4 members (excludes halogenated alkanes) is 1. The predicted molar refractivity (Wildman–Crippen MR) is 127 cm³/mol. The number of rotatable bonds is 8. The van der Waals surface area contributed by atoms with Crippen LogP contribution < -0.4 is 9.47 Å². The number of anilines is 1. The third kappa shape index (κ3) is 5.93. The number of aryl methyl sites for hydroxylation is 3. The molecule has 3 aromatic rings. The number of para-hydroxylation sites is 1. The average molecular weight is 439 g/mol. The summed E-state index contributed by atoms with van der Waals surface area (Å²) in [5, 5.41) is 1.14. The highest BCUT2D eigenvalue weighted by Gasteiger charge is 2.11. The van der Waals surface area contributed by atoms with Crippen LogP contribution in [0.5, 0.6) is 0 Å². The van der Waals surface area contributed by atoms with E-state index in [1.807, 2.05) is 18.3 Å². The summed E-state index contributed by atoms with van der Waals surface area (Å²) >= 11 is 0. The van der Waals surface area contributed by atoms with E-state index >= 15 is 0 Å². The molecule has 0 fully saturated rings. The van der Waals surface area contributed by atoms with Gasteiger partial charge in [0.2, 0.25) is 5.52 Å². The Balaban J connectivity index is 1.85. The van der Waals surface area contributed by atoms with E-state index in [1.165, 1.54) is 22.4 Å². The molecule has 6 heteroatoms. The second kappa shape index (κ2) is 9.62. The molecule has 0 N–H and O–H groups in total. The topological polar surface area (TPSA) is 64.3 Å². The molecule has 0 unspecified atom stereocenters. The molecule has 0 amide bonds. The standard InChI is InChI=1S/C25H30N2O3S/c1-19-17-21(18-20(2)25(19)26(3)4)11-12-22-13-15-27(14-7-8-16-31(28,29)30)24-10-6-5-9-23(22)24/h5-6,9-13,15,17-18H,7-8,14,16H2,1-4H3. The Bertz CT molecular complexity index is 1190. The Morgan fingerprint density at radius 1 is 1.00 bits per heavy atom. The summed E-state index contributed by atoms with van der Waals surface area (Å²) in [5.74, 6) is -0.308. The van der Waals surface area contributed by atoms with Crippen molar-refractivity contribution in [2.75, 3.05) is 24.7 Å². The molecule has 5 nitrogen and oxygen atoms in total. The smallest absolute Gasteiger partial charge is 0.213 e. The molecule has 0 atom stereocenters. The molecule has 0 aliphatic heterocycles. The van der Waals surface area contributed by atoms with Crippen LogP contribution in [0.15, 0.2) is 48.7 Å². The van der Waals surface area contributed by atoms with Crippen molar-refractivity contribution in [3.8, 4) is 0 Å². The molecular formula is C25H30N2O3S. The fourth-order valence-electron chi connectivity index (χ4n) is 4.19.